The fourth-order valence-corrected chi connectivity index (χ4v) is 4.21. The Morgan fingerprint density at radius 3 is 2.89 bits per heavy atom. The molecular formula is C14H25NO2S. The Hall–Kier alpha value is -0.220. The minimum absolute atomic E-state index is 0.0338. The minimum Gasteiger partial charge on any atom is -0.461 e. The molecule has 3 nitrogen and oxygen atoms in total. The zero-order valence-corrected chi connectivity index (χ0v) is 12.4. The molecule has 1 aliphatic carbocycles. The maximum Gasteiger partial charge on any atom is 0.320 e. The zero-order valence-electron chi connectivity index (χ0n) is 11.6. The van der Waals surface area contributed by atoms with E-state index >= 15 is 0 Å². The molecule has 2 aliphatic rings. The summed E-state index contributed by atoms with van der Waals surface area (Å²) in [5.41, 5.74) is 0. The fraction of sp³-hybridized carbons (Fsp3) is 0.929. The van der Waals surface area contributed by atoms with E-state index in [9.17, 15) is 4.79 Å². The lowest BCUT2D eigenvalue weighted by Gasteiger charge is -2.28. The van der Waals surface area contributed by atoms with Crippen molar-refractivity contribution in [2.75, 3.05) is 25.1 Å². The van der Waals surface area contributed by atoms with E-state index < -0.39 is 0 Å². The summed E-state index contributed by atoms with van der Waals surface area (Å²) in [5, 5.41) is 0. The largest absolute Gasteiger partial charge is 0.461 e. The monoisotopic (exact) mass is 271 g/mol. The Balaban J connectivity index is 1.70. The molecule has 0 unspecified atom stereocenters. The number of ether oxygens (including phenoxy) is 1. The first-order chi connectivity index (χ1) is 8.65. The average Bonchev–Trinajstić information content (AvgIpc) is 2.81. The van der Waals surface area contributed by atoms with Crippen LogP contribution in [0, 0.1) is 5.92 Å². The number of esters is 1. The van der Waals surface area contributed by atoms with E-state index in [2.05, 4.69) is 11.8 Å². The first-order valence-electron chi connectivity index (χ1n) is 7.12. The molecule has 4 heteroatoms. The third kappa shape index (κ3) is 4.16. The van der Waals surface area contributed by atoms with Crippen molar-refractivity contribution in [3.63, 3.8) is 0 Å². The van der Waals surface area contributed by atoms with Gasteiger partial charge in [-0.1, -0.05) is 13.3 Å². The van der Waals surface area contributed by atoms with Crippen molar-refractivity contribution in [3.8, 4) is 0 Å². The SMILES string of the molecule is C[C@@H]1CCC[C@H](OC(=O)CN(C)[C@@H]2CCSC2)C1. The Kier molecular flexibility index (Phi) is 5.37. The first kappa shape index (κ1) is 14.2. The molecule has 1 heterocycles. The predicted molar refractivity (Wildman–Crippen MR) is 75.9 cm³/mol. The summed E-state index contributed by atoms with van der Waals surface area (Å²) in [7, 11) is 2.04. The van der Waals surface area contributed by atoms with Gasteiger partial charge in [0.2, 0.25) is 0 Å². The molecule has 0 amide bonds. The zero-order chi connectivity index (χ0) is 13.0. The number of carbonyl (C=O) groups excluding carboxylic acids is 1. The van der Waals surface area contributed by atoms with Crippen molar-refractivity contribution >= 4 is 17.7 Å². The molecule has 0 aromatic heterocycles. The Morgan fingerprint density at radius 1 is 1.39 bits per heavy atom. The van der Waals surface area contributed by atoms with Gasteiger partial charge in [0, 0.05) is 11.8 Å². The summed E-state index contributed by atoms with van der Waals surface area (Å²) in [4.78, 5) is 14.1. The Bertz CT molecular complexity index is 273. The van der Waals surface area contributed by atoms with Crippen LogP contribution in [-0.4, -0.2) is 48.1 Å². The molecule has 0 radical (unpaired) electrons. The lowest BCUT2D eigenvalue weighted by atomic mass is 9.89. The molecule has 1 aliphatic heterocycles. The quantitative estimate of drug-likeness (QED) is 0.735. The van der Waals surface area contributed by atoms with Gasteiger partial charge in [-0.05, 0) is 44.4 Å². The van der Waals surface area contributed by atoms with Gasteiger partial charge in [-0.3, -0.25) is 9.69 Å². The van der Waals surface area contributed by atoms with Gasteiger partial charge in [-0.15, -0.1) is 0 Å². The highest BCUT2D eigenvalue weighted by Crippen LogP contribution is 2.26. The normalized spacial score (nSPS) is 32.7. The van der Waals surface area contributed by atoms with Crippen LogP contribution < -0.4 is 0 Å². The third-order valence-corrected chi connectivity index (χ3v) is 5.24. The van der Waals surface area contributed by atoms with Crippen LogP contribution in [0.1, 0.15) is 39.0 Å². The highest BCUT2D eigenvalue weighted by Gasteiger charge is 2.25. The van der Waals surface area contributed by atoms with Gasteiger partial charge in [0.25, 0.3) is 0 Å². The Morgan fingerprint density at radius 2 is 2.22 bits per heavy atom. The molecule has 3 atom stereocenters. The predicted octanol–water partition coefficient (Wildman–Crippen LogP) is 2.55. The van der Waals surface area contributed by atoms with Gasteiger partial charge >= 0.3 is 5.97 Å². The smallest absolute Gasteiger partial charge is 0.320 e. The summed E-state index contributed by atoms with van der Waals surface area (Å²) in [6.07, 6.45) is 5.97. The average molecular weight is 271 g/mol. The fourth-order valence-electron chi connectivity index (χ4n) is 2.91. The van der Waals surface area contributed by atoms with Gasteiger partial charge in [-0.25, -0.2) is 0 Å². The van der Waals surface area contributed by atoms with E-state index in [1.165, 1.54) is 25.0 Å². The summed E-state index contributed by atoms with van der Waals surface area (Å²) in [5.74, 6) is 3.06. The second kappa shape index (κ2) is 6.80. The molecule has 104 valence electrons. The Labute approximate surface area is 115 Å². The van der Waals surface area contributed by atoms with E-state index in [0.29, 0.717) is 18.5 Å². The molecule has 0 aromatic carbocycles. The van der Waals surface area contributed by atoms with Gasteiger partial charge in [0.05, 0.1) is 6.54 Å². The van der Waals surface area contributed by atoms with Crippen LogP contribution in [0.15, 0.2) is 0 Å². The number of hydrogen-bond acceptors (Lipinski definition) is 4. The van der Waals surface area contributed by atoms with E-state index in [-0.39, 0.29) is 12.1 Å². The standard InChI is InChI=1S/C14H25NO2S/c1-11-4-3-5-13(8-11)17-14(16)9-15(2)12-6-7-18-10-12/h11-13H,3-10H2,1-2H3/t11-,12-,13+/m1/s1. The summed E-state index contributed by atoms with van der Waals surface area (Å²) in [6.45, 7) is 2.71. The molecule has 0 aromatic rings. The summed E-state index contributed by atoms with van der Waals surface area (Å²) in [6, 6.07) is 0.563. The topological polar surface area (TPSA) is 29.5 Å². The second-order valence-electron chi connectivity index (χ2n) is 5.82. The molecule has 2 rings (SSSR count). The molecule has 0 spiro atoms. The van der Waals surface area contributed by atoms with Crippen molar-refractivity contribution in [3.05, 3.63) is 0 Å². The van der Waals surface area contributed by atoms with Crippen LogP contribution in [-0.2, 0) is 9.53 Å². The first-order valence-corrected chi connectivity index (χ1v) is 8.28. The number of likely N-dealkylation sites (N-methyl/N-ethyl adjacent to an activating group) is 1. The number of nitrogens with zero attached hydrogens (tertiary/aromatic N) is 1. The van der Waals surface area contributed by atoms with Gasteiger partial charge in [-0.2, -0.15) is 11.8 Å². The molecule has 0 N–H and O–H groups in total. The number of rotatable bonds is 4. The summed E-state index contributed by atoms with van der Waals surface area (Å²) >= 11 is 1.98. The minimum atomic E-state index is -0.0338. The number of hydrogen-bond donors (Lipinski definition) is 0. The van der Waals surface area contributed by atoms with Crippen LogP contribution >= 0.6 is 11.8 Å². The van der Waals surface area contributed by atoms with Crippen molar-refractivity contribution < 1.29 is 9.53 Å². The lowest BCUT2D eigenvalue weighted by molar-refractivity contribution is -0.152. The highest BCUT2D eigenvalue weighted by molar-refractivity contribution is 7.99. The van der Waals surface area contributed by atoms with E-state index in [1.54, 1.807) is 0 Å². The van der Waals surface area contributed by atoms with Crippen LogP contribution in [0.25, 0.3) is 0 Å². The number of carbonyl (C=O) groups is 1. The van der Waals surface area contributed by atoms with Crippen molar-refractivity contribution in [2.24, 2.45) is 5.92 Å². The highest BCUT2D eigenvalue weighted by atomic mass is 32.2. The van der Waals surface area contributed by atoms with E-state index in [0.717, 1.165) is 18.6 Å². The van der Waals surface area contributed by atoms with E-state index in [1.807, 2.05) is 18.8 Å². The maximum absolute atomic E-state index is 11.9. The van der Waals surface area contributed by atoms with Crippen LogP contribution in [0.4, 0.5) is 0 Å². The molecule has 0 bridgehead atoms. The van der Waals surface area contributed by atoms with Crippen molar-refractivity contribution in [1.82, 2.24) is 4.90 Å². The molecule has 2 fully saturated rings. The van der Waals surface area contributed by atoms with Crippen LogP contribution in [0.5, 0.6) is 0 Å². The van der Waals surface area contributed by atoms with Crippen molar-refractivity contribution in [2.45, 2.75) is 51.2 Å². The maximum atomic E-state index is 11.9. The molecule has 1 saturated heterocycles. The van der Waals surface area contributed by atoms with Gasteiger partial charge in [0.1, 0.15) is 6.10 Å². The van der Waals surface area contributed by atoms with E-state index in [4.69, 9.17) is 4.74 Å². The van der Waals surface area contributed by atoms with Gasteiger partial charge in [0.15, 0.2) is 0 Å². The van der Waals surface area contributed by atoms with Crippen LogP contribution in [0.2, 0.25) is 0 Å². The molecular weight excluding hydrogens is 246 g/mol. The number of thioether (sulfide) groups is 1. The van der Waals surface area contributed by atoms with Crippen molar-refractivity contribution in [1.29, 1.82) is 0 Å². The second-order valence-corrected chi connectivity index (χ2v) is 6.97. The molecule has 1 saturated carbocycles. The van der Waals surface area contributed by atoms with Crippen LogP contribution in [0.3, 0.4) is 0 Å². The summed E-state index contributed by atoms with van der Waals surface area (Å²) < 4.78 is 5.60. The third-order valence-electron chi connectivity index (χ3n) is 4.09. The van der Waals surface area contributed by atoms with Gasteiger partial charge < -0.3 is 4.74 Å². The molecule has 18 heavy (non-hydrogen) atoms. The lowest BCUT2D eigenvalue weighted by Crippen LogP contribution is -2.38.